The van der Waals surface area contributed by atoms with Gasteiger partial charge in [0.15, 0.2) is 0 Å². The summed E-state index contributed by atoms with van der Waals surface area (Å²) in [5.74, 6) is 0. The van der Waals surface area contributed by atoms with Crippen LogP contribution in [-0.4, -0.2) is 11.0 Å². The fourth-order valence-corrected chi connectivity index (χ4v) is 2.45. The Morgan fingerprint density at radius 2 is 2.25 bits per heavy atom. The molecule has 2 nitrogen and oxygen atoms in total. The maximum absolute atomic E-state index is 4.27. The zero-order chi connectivity index (χ0) is 11.4. The summed E-state index contributed by atoms with van der Waals surface area (Å²) in [4.78, 5) is 5.69. The van der Waals surface area contributed by atoms with Gasteiger partial charge in [0.1, 0.15) is 0 Å². The quantitative estimate of drug-likeness (QED) is 0.872. The maximum atomic E-state index is 4.27. The number of aryl methyl sites for hydroxylation is 1. The molecule has 2 aromatic heterocycles. The molecule has 1 atom stereocenters. The predicted molar refractivity (Wildman–Crippen MR) is 70.1 cm³/mol. The monoisotopic (exact) mass is 232 g/mol. The Morgan fingerprint density at radius 1 is 1.38 bits per heavy atom. The van der Waals surface area contributed by atoms with E-state index in [1.54, 1.807) is 0 Å². The maximum Gasteiger partial charge on any atom is 0.0529 e. The highest BCUT2D eigenvalue weighted by molar-refractivity contribution is 7.09. The number of hydrogen-bond donors (Lipinski definition) is 1. The first-order chi connectivity index (χ1) is 7.74. The summed E-state index contributed by atoms with van der Waals surface area (Å²) in [6.07, 6.45) is 2.95. The van der Waals surface area contributed by atoms with E-state index < -0.39 is 0 Å². The minimum Gasteiger partial charge on any atom is -0.381 e. The molecule has 0 aliphatic carbocycles. The van der Waals surface area contributed by atoms with Crippen LogP contribution in [0, 0.1) is 6.92 Å². The number of nitrogens with zero attached hydrogens (tertiary/aromatic N) is 1. The van der Waals surface area contributed by atoms with E-state index >= 15 is 0 Å². The number of aromatic nitrogens is 1. The summed E-state index contributed by atoms with van der Waals surface area (Å²) in [6, 6.07) is 8.81. The summed E-state index contributed by atoms with van der Waals surface area (Å²) in [5, 5.41) is 5.57. The zero-order valence-electron chi connectivity index (χ0n) is 9.60. The fourth-order valence-electron chi connectivity index (χ4n) is 1.62. The molecule has 0 aliphatic rings. The third-order valence-electron chi connectivity index (χ3n) is 2.41. The molecule has 0 fully saturated rings. The van der Waals surface area contributed by atoms with Crippen molar-refractivity contribution in [3.8, 4) is 0 Å². The van der Waals surface area contributed by atoms with Gasteiger partial charge in [-0.3, -0.25) is 4.98 Å². The van der Waals surface area contributed by atoms with Crippen molar-refractivity contribution >= 4 is 17.0 Å². The van der Waals surface area contributed by atoms with Crippen molar-refractivity contribution < 1.29 is 0 Å². The molecule has 1 N–H and O–H groups in total. The van der Waals surface area contributed by atoms with Crippen LogP contribution in [0.15, 0.2) is 35.8 Å². The molecule has 0 saturated carbocycles. The van der Waals surface area contributed by atoms with E-state index in [-0.39, 0.29) is 0 Å². The first-order valence-electron chi connectivity index (χ1n) is 5.45. The normalized spacial score (nSPS) is 12.4. The lowest BCUT2D eigenvalue weighted by Crippen LogP contribution is -2.17. The van der Waals surface area contributed by atoms with Crippen molar-refractivity contribution in [3.63, 3.8) is 0 Å². The molecule has 0 aliphatic heterocycles. The van der Waals surface area contributed by atoms with Gasteiger partial charge in [-0.15, -0.1) is 11.3 Å². The van der Waals surface area contributed by atoms with Crippen molar-refractivity contribution in [2.75, 3.05) is 5.32 Å². The van der Waals surface area contributed by atoms with Gasteiger partial charge < -0.3 is 5.32 Å². The van der Waals surface area contributed by atoms with Crippen LogP contribution in [0.25, 0.3) is 0 Å². The van der Waals surface area contributed by atoms with Crippen molar-refractivity contribution in [1.29, 1.82) is 0 Å². The van der Waals surface area contributed by atoms with E-state index in [9.17, 15) is 0 Å². The summed E-state index contributed by atoms with van der Waals surface area (Å²) < 4.78 is 0. The topological polar surface area (TPSA) is 24.9 Å². The predicted octanol–water partition coefficient (Wildman–Crippen LogP) is 3.49. The summed E-state index contributed by atoms with van der Waals surface area (Å²) in [5.41, 5.74) is 2.14. The number of rotatable bonds is 4. The van der Waals surface area contributed by atoms with Crippen LogP contribution in [0.5, 0.6) is 0 Å². The summed E-state index contributed by atoms with van der Waals surface area (Å²) in [6.45, 7) is 4.19. The Morgan fingerprint density at radius 3 is 2.88 bits per heavy atom. The molecule has 84 valence electrons. The van der Waals surface area contributed by atoms with Crippen LogP contribution in [0.4, 0.5) is 5.69 Å². The van der Waals surface area contributed by atoms with E-state index in [4.69, 9.17) is 0 Å². The van der Waals surface area contributed by atoms with Gasteiger partial charge in [-0.25, -0.2) is 0 Å². The fraction of sp³-hybridized carbons (Fsp3) is 0.308. The molecule has 0 spiro atoms. The largest absolute Gasteiger partial charge is 0.381 e. The molecule has 2 rings (SSSR count). The Balaban J connectivity index is 1.92. The molecule has 0 bridgehead atoms. The highest BCUT2D eigenvalue weighted by atomic mass is 32.1. The Kier molecular flexibility index (Phi) is 3.57. The average molecular weight is 232 g/mol. The lowest BCUT2D eigenvalue weighted by atomic mass is 10.2. The van der Waals surface area contributed by atoms with Gasteiger partial charge in [-0.05, 0) is 37.4 Å². The molecule has 16 heavy (non-hydrogen) atoms. The molecular formula is C13H16N2S. The second-order valence-electron chi connectivity index (χ2n) is 4.02. The zero-order valence-corrected chi connectivity index (χ0v) is 10.4. The van der Waals surface area contributed by atoms with Crippen molar-refractivity contribution in [2.45, 2.75) is 26.3 Å². The highest BCUT2D eigenvalue weighted by Crippen LogP contribution is 2.14. The van der Waals surface area contributed by atoms with Crippen LogP contribution < -0.4 is 5.32 Å². The van der Waals surface area contributed by atoms with Gasteiger partial charge in [0, 0.05) is 23.0 Å². The second kappa shape index (κ2) is 5.12. The van der Waals surface area contributed by atoms with Crippen LogP contribution in [-0.2, 0) is 6.42 Å². The smallest absolute Gasteiger partial charge is 0.0529 e. The van der Waals surface area contributed by atoms with Gasteiger partial charge in [0.25, 0.3) is 0 Å². The minimum atomic E-state index is 0.433. The molecule has 1 unspecified atom stereocenters. The minimum absolute atomic E-state index is 0.433. The number of pyridine rings is 1. The Labute approximate surface area is 100 Å². The molecule has 0 amide bonds. The third kappa shape index (κ3) is 3.07. The molecule has 2 heterocycles. The van der Waals surface area contributed by atoms with Crippen LogP contribution in [0.3, 0.4) is 0 Å². The lowest BCUT2D eigenvalue weighted by Gasteiger charge is -2.14. The Bertz CT molecular complexity index is 420. The number of nitrogens with one attached hydrogen (secondary N) is 1. The van der Waals surface area contributed by atoms with Crippen LogP contribution >= 0.6 is 11.3 Å². The Hall–Kier alpha value is -1.35. The number of hydrogen-bond acceptors (Lipinski definition) is 3. The SMILES string of the molecule is Cc1ccc(NC(C)Cc2cccs2)cn1. The molecular weight excluding hydrogens is 216 g/mol. The molecule has 0 saturated heterocycles. The summed E-state index contributed by atoms with van der Waals surface area (Å²) in [7, 11) is 0. The van der Waals surface area contributed by atoms with Crippen molar-refractivity contribution in [1.82, 2.24) is 4.98 Å². The van der Waals surface area contributed by atoms with E-state index in [1.165, 1.54) is 4.88 Å². The van der Waals surface area contributed by atoms with E-state index in [0.717, 1.165) is 17.8 Å². The standard InChI is InChI=1S/C13H16N2S/c1-10-5-6-12(9-14-10)15-11(2)8-13-4-3-7-16-13/h3-7,9,11,15H,8H2,1-2H3. The molecule has 0 aromatic carbocycles. The first kappa shape index (κ1) is 11.1. The van der Waals surface area contributed by atoms with E-state index in [0.29, 0.717) is 6.04 Å². The van der Waals surface area contributed by atoms with E-state index in [2.05, 4.69) is 40.8 Å². The van der Waals surface area contributed by atoms with Crippen molar-refractivity contribution in [3.05, 3.63) is 46.4 Å². The molecule has 3 heteroatoms. The van der Waals surface area contributed by atoms with Crippen LogP contribution in [0.1, 0.15) is 17.5 Å². The number of anilines is 1. The third-order valence-corrected chi connectivity index (χ3v) is 3.31. The first-order valence-corrected chi connectivity index (χ1v) is 6.33. The average Bonchev–Trinajstić information content (AvgIpc) is 2.74. The van der Waals surface area contributed by atoms with Gasteiger partial charge in [-0.2, -0.15) is 0 Å². The second-order valence-corrected chi connectivity index (χ2v) is 5.05. The van der Waals surface area contributed by atoms with Gasteiger partial charge in [0.2, 0.25) is 0 Å². The van der Waals surface area contributed by atoms with Gasteiger partial charge in [-0.1, -0.05) is 6.07 Å². The molecule has 2 aromatic rings. The van der Waals surface area contributed by atoms with Crippen molar-refractivity contribution in [2.24, 2.45) is 0 Å². The van der Waals surface area contributed by atoms with Gasteiger partial charge in [0.05, 0.1) is 11.9 Å². The highest BCUT2D eigenvalue weighted by Gasteiger charge is 2.04. The van der Waals surface area contributed by atoms with E-state index in [1.807, 2.05) is 30.5 Å². The van der Waals surface area contributed by atoms with Crippen LogP contribution in [0.2, 0.25) is 0 Å². The number of thiophene rings is 1. The molecule has 0 radical (unpaired) electrons. The lowest BCUT2D eigenvalue weighted by molar-refractivity contribution is 0.799. The van der Waals surface area contributed by atoms with Gasteiger partial charge >= 0.3 is 0 Å². The summed E-state index contributed by atoms with van der Waals surface area (Å²) >= 11 is 1.81.